The smallest absolute Gasteiger partial charge is 0.253 e. The molecule has 2 fully saturated rings. The van der Waals surface area contributed by atoms with Gasteiger partial charge in [-0.05, 0) is 50.2 Å². The maximum atomic E-state index is 13.0. The summed E-state index contributed by atoms with van der Waals surface area (Å²) in [6.45, 7) is 3.83. The molecule has 3 aliphatic rings. The van der Waals surface area contributed by atoms with Crippen LogP contribution >= 0.6 is 0 Å². The Balaban J connectivity index is 1.25. The molecule has 1 spiro atoms. The lowest BCUT2D eigenvalue weighted by atomic mass is 9.79. The molecular weight excluding hydrogens is 442 g/mol. The Bertz CT molecular complexity index is 1270. The summed E-state index contributed by atoms with van der Waals surface area (Å²) >= 11 is 0. The first-order chi connectivity index (χ1) is 17.0. The summed E-state index contributed by atoms with van der Waals surface area (Å²) in [6.07, 6.45) is 6.75. The number of amides is 2. The van der Waals surface area contributed by atoms with Crippen molar-refractivity contribution in [1.29, 1.82) is 0 Å². The van der Waals surface area contributed by atoms with Crippen molar-refractivity contribution in [1.82, 2.24) is 29.7 Å². The van der Waals surface area contributed by atoms with Gasteiger partial charge in [0.15, 0.2) is 0 Å². The number of benzene rings is 1. The van der Waals surface area contributed by atoms with Gasteiger partial charge in [-0.15, -0.1) is 0 Å². The molecule has 3 aromatic rings. The molecule has 9 nitrogen and oxygen atoms in total. The van der Waals surface area contributed by atoms with E-state index in [4.69, 9.17) is 4.98 Å². The average Bonchev–Trinajstić information content (AvgIpc) is 3.26. The fraction of sp³-hybridized carbons (Fsp3) is 0.462. The molecule has 0 unspecified atom stereocenters. The van der Waals surface area contributed by atoms with Crippen molar-refractivity contribution in [3.63, 3.8) is 0 Å². The zero-order valence-electron chi connectivity index (χ0n) is 20.1. The van der Waals surface area contributed by atoms with E-state index in [1.165, 1.54) is 6.42 Å². The number of nitrogens with one attached hydrogen (secondary N) is 2. The largest absolute Gasteiger partial charge is 0.348 e. The third kappa shape index (κ3) is 3.83. The zero-order chi connectivity index (χ0) is 24.0. The number of piperazine rings is 1. The maximum Gasteiger partial charge on any atom is 0.253 e. The summed E-state index contributed by atoms with van der Waals surface area (Å²) < 4.78 is 2.17. The summed E-state index contributed by atoms with van der Waals surface area (Å²) in [5.41, 5.74) is 2.83. The van der Waals surface area contributed by atoms with Crippen LogP contribution in [0.2, 0.25) is 0 Å². The van der Waals surface area contributed by atoms with Crippen molar-refractivity contribution in [2.45, 2.75) is 44.2 Å². The van der Waals surface area contributed by atoms with E-state index < -0.39 is 5.54 Å². The van der Waals surface area contributed by atoms with E-state index in [-0.39, 0.29) is 11.8 Å². The van der Waals surface area contributed by atoms with Crippen LogP contribution in [0.3, 0.4) is 0 Å². The van der Waals surface area contributed by atoms with Crippen molar-refractivity contribution in [3.8, 4) is 0 Å². The number of rotatable bonds is 3. The molecular formula is C26H31N7O2. The summed E-state index contributed by atoms with van der Waals surface area (Å²) in [5.74, 6) is 0.655. The second-order valence-corrected chi connectivity index (χ2v) is 10.0. The van der Waals surface area contributed by atoms with E-state index >= 15 is 0 Å². The van der Waals surface area contributed by atoms with Crippen LogP contribution in [0.4, 0.5) is 11.6 Å². The standard InChI is InChI=1S/C26H31N7O2/c1-31-11-13-32(14-12-31)23(34)18-5-7-20(8-6-18)29-25-28-16-19-15-21-17-27-24(35)26(9-3-2-4-10-26)33(21)22(19)30-25/h5-8,15-16H,2-4,9-14,17H2,1H3,(H,27,35)(H,28,29,30). The van der Waals surface area contributed by atoms with Crippen LogP contribution in [-0.4, -0.2) is 69.4 Å². The number of anilines is 2. The van der Waals surface area contributed by atoms with Gasteiger partial charge in [-0.25, -0.2) is 4.98 Å². The normalized spacial score (nSPS) is 20.0. The van der Waals surface area contributed by atoms with E-state index in [2.05, 4.69) is 38.2 Å². The van der Waals surface area contributed by atoms with Gasteiger partial charge in [-0.3, -0.25) is 9.59 Å². The molecule has 1 saturated heterocycles. The number of hydrogen-bond donors (Lipinski definition) is 2. The Labute approximate surface area is 204 Å². The number of likely N-dealkylation sites (N-methyl/N-ethyl adjacent to an activating group) is 1. The number of carbonyl (C=O) groups excluding carboxylic acids is 2. The number of nitrogens with zero attached hydrogens (tertiary/aromatic N) is 5. The molecule has 2 amide bonds. The van der Waals surface area contributed by atoms with Crippen molar-refractivity contribution in [2.75, 3.05) is 38.5 Å². The van der Waals surface area contributed by atoms with E-state index in [0.717, 1.165) is 74.3 Å². The summed E-state index contributed by atoms with van der Waals surface area (Å²) in [7, 11) is 2.08. The molecule has 9 heteroatoms. The van der Waals surface area contributed by atoms with Crippen molar-refractivity contribution in [2.24, 2.45) is 0 Å². The minimum Gasteiger partial charge on any atom is -0.348 e. The van der Waals surface area contributed by atoms with Gasteiger partial charge in [0.1, 0.15) is 11.2 Å². The molecule has 4 heterocycles. The van der Waals surface area contributed by atoms with Crippen LogP contribution in [0.15, 0.2) is 36.5 Å². The minimum absolute atomic E-state index is 0.0678. The average molecular weight is 474 g/mol. The SMILES string of the molecule is CN1CCN(C(=O)c2ccc(Nc3ncc4cc5n(c4n3)C3(CCCCC3)C(=O)NC5)cc2)CC1. The van der Waals surface area contributed by atoms with Crippen molar-refractivity contribution < 1.29 is 9.59 Å². The molecule has 2 aromatic heterocycles. The van der Waals surface area contributed by atoms with Crippen molar-refractivity contribution in [3.05, 3.63) is 47.8 Å². The number of fused-ring (bicyclic) bond motifs is 4. The van der Waals surface area contributed by atoms with Crippen LogP contribution in [0.25, 0.3) is 11.0 Å². The van der Waals surface area contributed by atoms with E-state index in [0.29, 0.717) is 18.1 Å². The Hall–Kier alpha value is -3.46. The van der Waals surface area contributed by atoms with E-state index in [1.807, 2.05) is 35.4 Å². The predicted molar refractivity (Wildman–Crippen MR) is 134 cm³/mol. The molecule has 0 atom stereocenters. The molecule has 2 aliphatic heterocycles. The lowest BCUT2D eigenvalue weighted by Crippen LogP contribution is -2.54. The van der Waals surface area contributed by atoms with Gasteiger partial charge in [0.2, 0.25) is 11.9 Å². The number of hydrogen-bond acceptors (Lipinski definition) is 6. The van der Waals surface area contributed by atoms with Gasteiger partial charge in [-0.2, -0.15) is 4.98 Å². The first-order valence-electron chi connectivity index (χ1n) is 12.5. The molecule has 0 bridgehead atoms. The topological polar surface area (TPSA) is 95.4 Å². The number of carbonyl (C=O) groups is 2. The lowest BCUT2D eigenvalue weighted by Gasteiger charge is -2.41. The first kappa shape index (κ1) is 22.0. The van der Waals surface area contributed by atoms with E-state index in [9.17, 15) is 9.59 Å². The van der Waals surface area contributed by atoms with Crippen LogP contribution in [0, 0.1) is 0 Å². The molecule has 1 aliphatic carbocycles. The maximum absolute atomic E-state index is 13.0. The third-order valence-electron chi connectivity index (χ3n) is 7.76. The Kier molecular flexibility index (Phi) is 5.44. The molecule has 2 N–H and O–H groups in total. The fourth-order valence-electron chi connectivity index (χ4n) is 5.75. The molecule has 182 valence electrons. The third-order valence-corrected chi connectivity index (χ3v) is 7.76. The van der Waals surface area contributed by atoms with Gasteiger partial charge in [-0.1, -0.05) is 19.3 Å². The zero-order valence-corrected chi connectivity index (χ0v) is 20.1. The highest BCUT2D eigenvalue weighted by Gasteiger charge is 2.45. The Morgan fingerprint density at radius 2 is 1.80 bits per heavy atom. The van der Waals surface area contributed by atoms with Gasteiger partial charge in [0, 0.05) is 54.7 Å². The van der Waals surface area contributed by atoms with Gasteiger partial charge in [0.25, 0.3) is 5.91 Å². The molecule has 0 radical (unpaired) electrons. The quantitative estimate of drug-likeness (QED) is 0.608. The highest BCUT2D eigenvalue weighted by Crippen LogP contribution is 2.41. The van der Waals surface area contributed by atoms with Crippen molar-refractivity contribution >= 4 is 34.5 Å². The lowest BCUT2D eigenvalue weighted by molar-refractivity contribution is -0.133. The van der Waals surface area contributed by atoms with Crippen LogP contribution < -0.4 is 10.6 Å². The molecule has 35 heavy (non-hydrogen) atoms. The van der Waals surface area contributed by atoms with Gasteiger partial charge in [0.05, 0.1) is 6.54 Å². The second kappa shape index (κ2) is 8.64. The van der Waals surface area contributed by atoms with E-state index in [1.54, 1.807) is 0 Å². The molecule has 1 aromatic carbocycles. The second-order valence-electron chi connectivity index (χ2n) is 10.0. The van der Waals surface area contributed by atoms with Gasteiger partial charge < -0.3 is 25.0 Å². The van der Waals surface area contributed by atoms with Crippen LogP contribution in [-0.2, 0) is 16.9 Å². The predicted octanol–water partition coefficient (Wildman–Crippen LogP) is 2.85. The molecule has 1 saturated carbocycles. The van der Waals surface area contributed by atoms with Crippen LogP contribution in [0.5, 0.6) is 0 Å². The number of aromatic nitrogens is 3. The minimum atomic E-state index is -0.551. The van der Waals surface area contributed by atoms with Crippen LogP contribution in [0.1, 0.15) is 48.2 Å². The summed E-state index contributed by atoms with van der Waals surface area (Å²) in [6, 6.07) is 9.57. The Morgan fingerprint density at radius 1 is 1.06 bits per heavy atom. The fourth-order valence-corrected chi connectivity index (χ4v) is 5.75. The first-order valence-corrected chi connectivity index (χ1v) is 12.5. The summed E-state index contributed by atoms with van der Waals surface area (Å²) in [5, 5.41) is 7.32. The monoisotopic (exact) mass is 473 g/mol. The van der Waals surface area contributed by atoms with Gasteiger partial charge >= 0.3 is 0 Å². The Morgan fingerprint density at radius 3 is 2.54 bits per heavy atom. The highest BCUT2D eigenvalue weighted by atomic mass is 16.2. The highest BCUT2D eigenvalue weighted by molar-refractivity contribution is 5.94. The molecule has 6 rings (SSSR count). The summed E-state index contributed by atoms with van der Waals surface area (Å²) in [4.78, 5) is 39.4.